The van der Waals surface area contributed by atoms with Gasteiger partial charge < -0.3 is 10.2 Å². The molecule has 1 saturated heterocycles. The van der Waals surface area contributed by atoms with Gasteiger partial charge in [0.1, 0.15) is 5.82 Å². The zero-order valence-corrected chi connectivity index (χ0v) is 16.6. The van der Waals surface area contributed by atoms with Crippen molar-refractivity contribution in [2.75, 3.05) is 23.3 Å². The molecule has 1 aliphatic rings. The van der Waals surface area contributed by atoms with Crippen LogP contribution in [0.5, 0.6) is 0 Å². The fraction of sp³-hybridized carbons (Fsp3) is 0.333. The molecule has 0 bridgehead atoms. The highest BCUT2D eigenvalue weighted by atomic mass is 32.1. The van der Waals surface area contributed by atoms with Crippen LogP contribution in [0.2, 0.25) is 0 Å². The van der Waals surface area contributed by atoms with Crippen molar-refractivity contribution >= 4 is 38.8 Å². The maximum Gasteiger partial charge on any atom is 0.416 e. The summed E-state index contributed by atoms with van der Waals surface area (Å²) < 4.78 is 39.8. The topological polar surface area (TPSA) is 45.2 Å². The van der Waals surface area contributed by atoms with Crippen LogP contribution in [-0.2, 0) is 11.0 Å². The summed E-state index contributed by atoms with van der Waals surface area (Å²) in [5, 5.41) is 3.77. The number of hydrogen-bond acceptors (Lipinski definition) is 4. The van der Waals surface area contributed by atoms with Crippen LogP contribution in [0.1, 0.15) is 23.3 Å². The van der Waals surface area contributed by atoms with E-state index < -0.39 is 11.7 Å². The van der Waals surface area contributed by atoms with Gasteiger partial charge >= 0.3 is 6.18 Å². The van der Waals surface area contributed by atoms with Crippen LogP contribution in [0.25, 0.3) is 10.1 Å². The molecule has 0 radical (unpaired) electrons. The van der Waals surface area contributed by atoms with Crippen LogP contribution in [0.3, 0.4) is 0 Å². The van der Waals surface area contributed by atoms with Gasteiger partial charge in [-0.05, 0) is 50.1 Å². The number of aromatic nitrogens is 1. The summed E-state index contributed by atoms with van der Waals surface area (Å²) >= 11 is 1.73. The van der Waals surface area contributed by atoms with Crippen molar-refractivity contribution in [1.29, 1.82) is 0 Å². The summed E-state index contributed by atoms with van der Waals surface area (Å²) in [5.41, 5.74) is -0.595. The minimum Gasteiger partial charge on any atom is -0.356 e. The Morgan fingerprint density at radius 3 is 2.69 bits per heavy atom. The molecule has 0 spiro atoms. The molecule has 1 fully saturated rings. The Kier molecular flexibility index (Phi) is 5.21. The van der Waals surface area contributed by atoms with E-state index in [0.717, 1.165) is 23.3 Å². The molecule has 2 aromatic heterocycles. The largest absolute Gasteiger partial charge is 0.416 e. The highest BCUT2D eigenvalue weighted by Crippen LogP contribution is 2.34. The van der Waals surface area contributed by atoms with E-state index in [1.807, 2.05) is 6.07 Å². The molecule has 1 amide bonds. The quantitative estimate of drug-likeness (QED) is 0.612. The Morgan fingerprint density at radius 2 is 1.97 bits per heavy atom. The van der Waals surface area contributed by atoms with Gasteiger partial charge in [-0.15, -0.1) is 11.3 Å². The second-order valence-electron chi connectivity index (χ2n) is 7.23. The SMILES string of the molecule is Cc1cc2c(N3CCC(C(=O)Nc4cccc(C(F)(F)F)c4)CC3)nccc2s1. The summed E-state index contributed by atoms with van der Waals surface area (Å²) in [4.78, 5) is 20.5. The lowest BCUT2D eigenvalue weighted by atomic mass is 9.95. The Bertz CT molecular complexity index is 1040. The number of nitrogens with one attached hydrogen (secondary N) is 1. The van der Waals surface area contributed by atoms with Crippen LogP contribution < -0.4 is 10.2 Å². The number of carbonyl (C=O) groups is 1. The van der Waals surface area contributed by atoms with E-state index in [1.165, 1.54) is 21.7 Å². The number of rotatable bonds is 3. The van der Waals surface area contributed by atoms with Crippen molar-refractivity contribution in [1.82, 2.24) is 4.98 Å². The van der Waals surface area contributed by atoms with E-state index in [0.29, 0.717) is 25.9 Å². The van der Waals surface area contributed by atoms with E-state index >= 15 is 0 Å². The van der Waals surface area contributed by atoms with E-state index in [-0.39, 0.29) is 17.5 Å². The predicted molar refractivity (Wildman–Crippen MR) is 109 cm³/mol. The summed E-state index contributed by atoms with van der Waals surface area (Å²) in [6.45, 7) is 3.43. The van der Waals surface area contributed by atoms with Gasteiger partial charge in [-0.2, -0.15) is 13.2 Å². The molecule has 0 atom stereocenters. The second-order valence-corrected chi connectivity index (χ2v) is 8.52. The van der Waals surface area contributed by atoms with Crippen molar-refractivity contribution in [3.05, 3.63) is 53.0 Å². The fourth-order valence-corrected chi connectivity index (χ4v) is 4.61. The molecule has 3 heterocycles. The zero-order valence-electron chi connectivity index (χ0n) is 15.8. The minimum absolute atomic E-state index is 0.174. The smallest absolute Gasteiger partial charge is 0.356 e. The number of alkyl halides is 3. The standard InChI is InChI=1S/C21H20F3N3OS/c1-13-11-17-18(29-13)5-8-25-19(17)27-9-6-14(7-10-27)20(28)26-16-4-2-3-15(12-16)21(22,23)24/h2-5,8,11-12,14H,6-7,9-10H2,1H3,(H,26,28). The average Bonchev–Trinajstić information content (AvgIpc) is 3.08. The highest BCUT2D eigenvalue weighted by Gasteiger charge is 2.31. The Labute approximate surface area is 170 Å². The fourth-order valence-electron chi connectivity index (χ4n) is 3.70. The Balaban J connectivity index is 1.41. The molecule has 8 heteroatoms. The molecule has 152 valence electrons. The van der Waals surface area contributed by atoms with E-state index in [9.17, 15) is 18.0 Å². The number of benzene rings is 1. The van der Waals surface area contributed by atoms with E-state index in [4.69, 9.17) is 0 Å². The van der Waals surface area contributed by atoms with Crippen molar-refractivity contribution in [3.8, 4) is 0 Å². The van der Waals surface area contributed by atoms with Gasteiger partial charge in [0.15, 0.2) is 0 Å². The van der Waals surface area contributed by atoms with Crippen LogP contribution >= 0.6 is 11.3 Å². The van der Waals surface area contributed by atoms with E-state index in [2.05, 4.69) is 28.2 Å². The number of carbonyl (C=O) groups excluding carboxylic acids is 1. The molecular weight excluding hydrogens is 399 g/mol. The number of hydrogen-bond donors (Lipinski definition) is 1. The third-order valence-electron chi connectivity index (χ3n) is 5.17. The number of amides is 1. The molecule has 4 nitrogen and oxygen atoms in total. The lowest BCUT2D eigenvalue weighted by Gasteiger charge is -2.32. The van der Waals surface area contributed by atoms with Crippen molar-refractivity contribution < 1.29 is 18.0 Å². The lowest BCUT2D eigenvalue weighted by molar-refractivity contribution is -0.137. The molecule has 1 N–H and O–H groups in total. The number of fused-ring (bicyclic) bond motifs is 1. The summed E-state index contributed by atoms with van der Waals surface area (Å²) in [7, 11) is 0. The van der Waals surface area contributed by atoms with Crippen molar-refractivity contribution in [2.24, 2.45) is 5.92 Å². The molecule has 0 aliphatic carbocycles. The molecule has 1 aromatic carbocycles. The van der Waals surface area contributed by atoms with Crippen LogP contribution in [0, 0.1) is 12.8 Å². The van der Waals surface area contributed by atoms with Gasteiger partial charge in [-0.1, -0.05) is 6.07 Å². The first-order valence-electron chi connectivity index (χ1n) is 9.39. The van der Waals surface area contributed by atoms with Gasteiger partial charge in [0.25, 0.3) is 0 Å². The minimum atomic E-state index is -4.43. The van der Waals surface area contributed by atoms with Crippen molar-refractivity contribution in [3.63, 3.8) is 0 Å². The first kappa shape index (κ1) is 19.7. The highest BCUT2D eigenvalue weighted by molar-refractivity contribution is 7.19. The number of piperidine rings is 1. The van der Waals surface area contributed by atoms with Gasteiger partial charge in [0.2, 0.25) is 5.91 Å². The monoisotopic (exact) mass is 419 g/mol. The van der Waals surface area contributed by atoms with E-state index in [1.54, 1.807) is 17.5 Å². The van der Waals surface area contributed by atoms with Gasteiger partial charge in [-0.3, -0.25) is 4.79 Å². The zero-order chi connectivity index (χ0) is 20.6. The number of nitrogens with zero attached hydrogens (tertiary/aromatic N) is 2. The predicted octanol–water partition coefficient (Wildman–Crippen LogP) is 5.48. The van der Waals surface area contributed by atoms with Crippen LogP contribution in [0.4, 0.5) is 24.7 Å². The second kappa shape index (κ2) is 7.67. The Hall–Kier alpha value is -2.61. The average molecular weight is 419 g/mol. The number of anilines is 2. The number of halogens is 3. The number of pyridine rings is 1. The van der Waals surface area contributed by atoms with Crippen molar-refractivity contribution in [2.45, 2.75) is 25.9 Å². The lowest BCUT2D eigenvalue weighted by Crippen LogP contribution is -2.38. The van der Waals surface area contributed by atoms with Crippen LogP contribution in [0.15, 0.2) is 42.6 Å². The summed E-state index contributed by atoms with van der Waals surface area (Å²) in [6.07, 6.45) is -1.36. The van der Waals surface area contributed by atoms with Crippen LogP contribution in [-0.4, -0.2) is 24.0 Å². The number of thiophene rings is 1. The third kappa shape index (κ3) is 4.22. The molecule has 0 unspecified atom stereocenters. The first-order chi connectivity index (χ1) is 13.8. The van der Waals surface area contributed by atoms with Gasteiger partial charge in [0.05, 0.1) is 5.56 Å². The summed E-state index contributed by atoms with van der Waals surface area (Å²) in [5.74, 6) is 0.467. The molecule has 1 aliphatic heterocycles. The molecule has 29 heavy (non-hydrogen) atoms. The molecule has 3 aromatic rings. The normalized spacial score (nSPS) is 15.7. The maximum atomic E-state index is 12.9. The number of aryl methyl sites for hydroxylation is 1. The first-order valence-corrected chi connectivity index (χ1v) is 10.2. The third-order valence-corrected chi connectivity index (χ3v) is 6.19. The Morgan fingerprint density at radius 1 is 1.21 bits per heavy atom. The molecule has 0 saturated carbocycles. The molecule has 4 rings (SSSR count). The van der Waals surface area contributed by atoms with Gasteiger partial charge in [0, 0.05) is 45.9 Å². The summed E-state index contributed by atoms with van der Waals surface area (Å²) in [6, 6.07) is 8.88. The maximum absolute atomic E-state index is 12.9. The molecular formula is C21H20F3N3OS. The van der Waals surface area contributed by atoms with Gasteiger partial charge in [-0.25, -0.2) is 4.98 Å².